The van der Waals surface area contributed by atoms with Crippen LogP contribution in [0, 0.1) is 0 Å². The molecule has 1 aromatic heterocycles. The van der Waals surface area contributed by atoms with Crippen molar-refractivity contribution in [2.24, 2.45) is 0 Å². The Morgan fingerprint density at radius 3 is 2.89 bits per heavy atom. The molecule has 5 heteroatoms. The number of carbonyl (C=O) groups excluding carboxylic acids is 1. The molecule has 0 spiro atoms. The van der Waals surface area contributed by atoms with Crippen LogP contribution in [-0.2, 0) is 17.8 Å². The fourth-order valence-corrected chi connectivity index (χ4v) is 2.19. The van der Waals surface area contributed by atoms with Gasteiger partial charge in [0.1, 0.15) is 5.82 Å². The highest BCUT2D eigenvalue weighted by Gasteiger charge is 2.23. The van der Waals surface area contributed by atoms with E-state index in [1.54, 1.807) is 12.3 Å². The van der Waals surface area contributed by atoms with Crippen LogP contribution in [0.3, 0.4) is 0 Å². The van der Waals surface area contributed by atoms with Crippen molar-refractivity contribution >= 4 is 11.7 Å². The van der Waals surface area contributed by atoms with Crippen molar-refractivity contribution in [1.29, 1.82) is 0 Å². The van der Waals surface area contributed by atoms with Gasteiger partial charge in [0, 0.05) is 12.6 Å². The third-order valence-electron chi connectivity index (χ3n) is 3.16. The number of nitrogens with zero attached hydrogens (tertiary/aromatic N) is 1. The molecule has 2 heterocycles. The number of fused-ring (bicyclic) bond motifs is 1. The van der Waals surface area contributed by atoms with Crippen molar-refractivity contribution in [3.63, 3.8) is 0 Å². The van der Waals surface area contributed by atoms with Crippen LogP contribution in [0.15, 0.2) is 36.5 Å². The lowest BCUT2D eigenvalue weighted by Gasteiger charge is -2.24. The van der Waals surface area contributed by atoms with Crippen LogP contribution in [-0.4, -0.2) is 22.1 Å². The van der Waals surface area contributed by atoms with Crippen LogP contribution in [0.4, 0.5) is 5.82 Å². The lowest BCUT2D eigenvalue weighted by Crippen LogP contribution is -2.44. The smallest absolute Gasteiger partial charge is 0.243 e. The maximum absolute atomic E-state index is 12.1. The summed E-state index contributed by atoms with van der Waals surface area (Å²) in [6.07, 6.45) is 2.33. The largest absolute Gasteiger partial charge is 0.310 e. The summed E-state index contributed by atoms with van der Waals surface area (Å²) < 4.78 is 0. The average molecular weight is 242 g/mol. The van der Waals surface area contributed by atoms with E-state index < -0.39 is 0 Å². The lowest BCUT2D eigenvalue weighted by atomic mass is 9.95. The molecule has 5 nitrogen and oxygen atoms in total. The molecule has 2 aromatic rings. The SMILES string of the molecule is O=C(Nc1ccn[nH]1)C1Cc2ccccc2CN1. The molecule has 0 aliphatic carbocycles. The molecule has 1 aliphatic heterocycles. The summed E-state index contributed by atoms with van der Waals surface area (Å²) in [5.74, 6) is 0.592. The van der Waals surface area contributed by atoms with Crippen LogP contribution in [0.1, 0.15) is 11.1 Å². The molecule has 1 amide bonds. The van der Waals surface area contributed by atoms with Gasteiger partial charge >= 0.3 is 0 Å². The van der Waals surface area contributed by atoms with Gasteiger partial charge in [0.05, 0.1) is 12.2 Å². The number of nitrogens with one attached hydrogen (secondary N) is 3. The Morgan fingerprint density at radius 2 is 2.11 bits per heavy atom. The predicted molar refractivity (Wildman–Crippen MR) is 68.0 cm³/mol. The van der Waals surface area contributed by atoms with Gasteiger partial charge in [-0.1, -0.05) is 24.3 Å². The Kier molecular flexibility index (Phi) is 2.82. The molecule has 1 atom stereocenters. The second-order valence-electron chi connectivity index (χ2n) is 4.37. The average Bonchev–Trinajstić information content (AvgIpc) is 2.91. The van der Waals surface area contributed by atoms with Crippen LogP contribution >= 0.6 is 0 Å². The van der Waals surface area contributed by atoms with Crippen LogP contribution < -0.4 is 10.6 Å². The lowest BCUT2D eigenvalue weighted by molar-refractivity contribution is -0.118. The number of benzene rings is 1. The van der Waals surface area contributed by atoms with Crippen molar-refractivity contribution in [3.8, 4) is 0 Å². The number of amides is 1. The molecule has 1 aliphatic rings. The van der Waals surface area contributed by atoms with E-state index in [0.29, 0.717) is 5.82 Å². The van der Waals surface area contributed by atoms with E-state index in [0.717, 1.165) is 13.0 Å². The normalized spacial score (nSPS) is 18.1. The highest BCUT2D eigenvalue weighted by Crippen LogP contribution is 2.16. The van der Waals surface area contributed by atoms with Crippen LogP contribution in [0.25, 0.3) is 0 Å². The van der Waals surface area contributed by atoms with E-state index in [1.165, 1.54) is 11.1 Å². The topological polar surface area (TPSA) is 69.8 Å². The molecule has 18 heavy (non-hydrogen) atoms. The molecule has 0 radical (unpaired) electrons. The van der Waals surface area contributed by atoms with Crippen LogP contribution in [0.5, 0.6) is 0 Å². The van der Waals surface area contributed by atoms with Crippen molar-refractivity contribution in [3.05, 3.63) is 47.7 Å². The number of carbonyl (C=O) groups is 1. The molecule has 3 N–H and O–H groups in total. The maximum atomic E-state index is 12.1. The Bertz CT molecular complexity index is 550. The van der Waals surface area contributed by atoms with E-state index in [1.807, 2.05) is 12.1 Å². The monoisotopic (exact) mass is 242 g/mol. The van der Waals surface area contributed by atoms with Crippen molar-refractivity contribution in [2.45, 2.75) is 19.0 Å². The maximum Gasteiger partial charge on any atom is 0.243 e. The Labute approximate surface area is 105 Å². The number of aromatic amines is 1. The first-order valence-corrected chi connectivity index (χ1v) is 5.93. The third kappa shape index (κ3) is 2.12. The standard InChI is InChI=1S/C13H14N4O/c18-13(16-12-5-6-15-17-12)11-7-9-3-1-2-4-10(9)8-14-11/h1-6,11,14H,7-8H2,(H2,15,16,17,18). The molecular formula is C13H14N4O. The molecular weight excluding hydrogens is 228 g/mol. The minimum Gasteiger partial charge on any atom is -0.310 e. The van der Waals surface area contributed by atoms with Gasteiger partial charge in [-0.05, 0) is 17.5 Å². The zero-order valence-corrected chi connectivity index (χ0v) is 9.81. The Hall–Kier alpha value is -2.14. The van der Waals surface area contributed by atoms with Gasteiger partial charge in [-0.3, -0.25) is 9.89 Å². The van der Waals surface area contributed by atoms with Crippen molar-refractivity contribution in [1.82, 2.24) is 15.5 Å². The van der Waals surface area contributed by atoms with Gasteiger partial charge in [0.2, 0.25) is 5.91 Å². The quantitative estimate of drug-likeness (QED) is 0.737. The summed E-state index contributed by atoms with van der Waals surface area (Å²) in [6.45, 7) is 0.733. The van der Waals surface area contributed by atoms with Gasteiger partial charge in [0.25, 0.3) is 0 Å². The molecule has 0 saturated carbocycles. The molecule has 92 valence electrons. The number of anilines is 1. The molecule has 0 fully saturated rings. The van der Waals surface area contributed by atoms with Crippen LogP contribution in [0.2, 0.25) is 0 Å². The molecule has 3 rings (SSSR count). The summed E-state index contributed by atoms with van der Waals surface area (Å²) in [7, 11) is 0. The third-order valence-corrected chi connectivity index (χ3v) is 3.16. The zero-order chi connectivity index (χ0) is 12.4. The Balaban J connectivity index is 1.70. The first kappa shape index (κ1) is 11.0. The number of aromatic nitrogens is 2. The number of hydrogen-bond acceptors (Lipinski definition) is 3. The van der Waals surface area contributed by atoms with Gasteiger partial charge in [-0.25, -0.2) is 0 Å². The second kappa shape index (κ2) is 4.62. The predicted octanol–water partition coefficient (Wildman–Crippen LogP) is 1.06. The molecule has 1 unspecified atom stereocenters. The van der Waals surface area contributed by atoms with E-state index in [2.05, 4.69) is 33.0 Å². The highest BCUT2D eigenvalue weighted by molar-refractivity contribution is 5.94. The molecule has 0 bridgehead atoms. The summed E-state index contributed by atoms with van der Waals surface area (Å²) in [5, 5.41) is 12.6. The van der Waals surface area contributed by atoms with Gasteiger partial charge < -0.3 is 10.6 Å². The van der Waals surface area contributed by atoms with Crippen molar-refractivity contribution < 1.29 is 4.79 Å². The number of H-pyrrole nitrogens is 1. The summed E-state index contributed by atoms with van der Waals surface area (Å²) in [4.78, 5) is 12.1. The van der Waals surface area contributed by atoms with Crippen molar-refractivity contribution in [2.75, 3.05) is 5.32 Å². The van der Waals surface area contributed by atoms with E-state index in [9.17, 15) is 4.79 Å². The summed E-state index contributed by atoms with van der Waals surface area (Å²) >= 11 is 0. The summed E-state index contributed by atoms with van der Waals surface area (Å²) in [5.41, 5.74) is 2.50. The van der Waals surface area contributed by atoms with Gasteiger partial charge in [0.15, 0.2) is 0 Å². The minimum atomic E-state index is -0.191. The summed E-state index contributed by atoms with van der Waals surface area (Å²) in [6, 6.07) is 9.73. The molecule has 1 aromatic carbocycles. The van der Waals surface area contributed by atoms with Gasteiger partial charge in [-0.15, -0.1) is 0 Å². The second-order valence-corrected chi connectivity index (χ2v) is 4.37. The first-order chi connectivity index (χ1) is 8.83. The number of rotatable bonds is 2. The van der Waals surface area contributed by atoms with E-state index in [4.69, 9.17) is 0 Å². The fraction of sp³-hybridized carbons (Fsp3) is 0.231. The number of hydrogen-bond donors (Lipinski definition) is 3. The highest BCUT2D eigenvalue weighted by atomic mass is 16.2. The zero-order valence-electron chi connectivity index (χ0n) is 9.81. The molecule has 0 saturated heterocycles. The van der Waals surface area contributed by atoms with Gasteiger partial charge in [-0.2, -0.15) is 5.10 Å². The van der Waals surface area contributed by atoms with E-state index in [-0.39, 0.29) is 11.9 Å². The Morgan fingerprint density at radius 1 is 1.28 bits per heavy atom. The minimum absolute atomic E-state index is 0.0336. The first-order valence-electron chi connectivity index (χ1n) is 5.93. The van der Waals surface area contributed by atoms with E-state index >= 15 is 0 Å². The fourth-order valence-electron chi connectivity index (χ4n) is 2.19.